The zero-order chi connectivity index (χ0) is 14.8. The lowest BCUT2D eigenvalue weighted by Crippen LogP contribution is -2.51. The van der Waals surface area contributed by atoms with Gasteiger partial charge in [0.2, 0.25) is 5.91 Å². The van der Waals surface area contributed by atoms with Crippen LogP contribution >= 0.6 is 24.0 Å². The van der Waals surface area contributed by atoms with Gasteiger partial charge in [-0.3, -0.25) is 4.79 Å². The van der Waals surface area contributed by atoms with Crippen LogP contribution in [0.1, 0.15) is 12.0 Å². The van der Waals surface area contributed by atoms with Crippen LogP contribution in [0.4, 0.5) is 5.69 Å². The SMILES string of the molecule is Cc1ccc(Cl)cc1N1CCC(CNC(=O)C2CNC2)C1.Cl. The van der Waals surface area contributed by atoms with E-state index in [9.17, 15) is 4.79 Å². The molecule has 0 bridgehead atoms. The number of aryl methyl sites for hydroxylation is 1. The molecule has 2 fully saturated rings. The third-order valence-electron chi connectivity index (χ3n) is 4.51. The fraction of sp³-hybridized carbons (Fsp3) is 0.562. The van der Waals surface area contributed by atoms with E-state index in [-0.39, 0.29) is 24.2 Å². The molecule has 0 aliphatic carbocycles. The van der Waals surface area contributed by atoms with E-state index in [1.807, 2.05) is 12.1 Å². The van der Waals surface area contributed by atoms with Gasteiger partial charge < -0.3 is 15.5 Å². The van der Waals surface area contributed by atoms with E-state index in [2.05, 4.69) is 28.5 Å². The topological polar surface area (TPSA) is 44.4 Å². The van der Waals surface area contributed by atoms with Crippen molar-refractivity contribution in [2.45, 2.75) is 13.3 Å². The van der Waals surface area contributed by atoms with Gasteiger partial charge in [0.25, 0.3) is 0 Å². The van der Waals surface area contributed by atoms with Crippen molar-refractivity contribution in [3.8, 4) is 0 Å². The molecular formula is C16H23Cl2N3O. The number of amides is 1. The second-order valence-corrected chi connectivity index (χ2v) is 6.57. The molecule has 1 amide bonds. The molecule has 2 aliphatic heterocycles. The number of nitrogens with zero attached hydrogens (tertiary/aromatic N) is 1. The Kier molecular flexibility index (Phi) is 5.95. The standard InChI is InChI=1S/C16H22ClN3O.ClH/c1-11-2-3-14(17)6-15(11)20-5-4-12(10-20)7-19-16(21)13-8-18-9-13;/h2-3,6,12-13,18H,4-5,7-10H2,1H3,(H,19,21);1H. The molecule has 2 saturated heterocycles. The van der Waals surface area contributed by atoms with E-state index < -0.39 is 0 Å². The van der Waals surface area contributed by atoms with E-state index in [4.69, 9.17) is 11.6 Å². The van der Waals surface area contributed by atoms with Crippen molar-refractivity contribution in [2.24, 2.45) is 11.8 Å². The van der Waals surface area contributed by atoms with Gasteiger partial charge in [-0.2, -0.15) is 0 Å². The van der Waals surface area contributed by atoms with Crippen molar-refractivity contribution in [1.29, 1.82) is 0 Å². The first kappa shape index (κ1) is 17.4. The summed E-state index contributed by atoms with van der Waals surface area (Å²) in [5.41, 5.74) is 2.48. The van der Waals surface area contributed by atoms with E-state index >= 15 is 0 Å². The maximum absolute atomic E-state index is 11.9. The highest BCUT2D eigenvalue weighted by molar-refractivity contribution is 6.30. The first-order chi connectivity index (χ1) is 10.1. The van der Waals surface area contributed by atoms with Gasteiger partial charge in [0, 0.05) is 43.4 Å². The lowest BCUT2D eigenvalue weighted by atomic mass is 10.0. The van der Waals surface area contributed by atoms with Crippen molar-refractivity contribution < 1.29 is 4.79 Å². The van der Waals surface area contributed by atoms with Gasteiger partial charge >= 0.3 is 0 Å². The van der Waals surface area contributed by atoms with Gasteiger partial charge in [0.1, 0.15) is 0 Å². The summed E-state index contributed by atoms with van der Waals surface area (Å²) >= 11 is 6.10. The highest BCUT2D eigenvalue weighted by atomic mass is 35.5. The van der Waals surface area contributed by atoms with Crippen LogP contribution in [0.3, 0.4) is 0 Å². The summed E-state index contributed by atoms with van der Waals surface area (Å²) in [6.07, 6.45) is 1.12. The number of carbonyl (C=O) groups is 1. The number of halogens is 2. The lowest BCUT2D eigenvalue weighted by Gasteiger charge is -2.26. The maximum atomic E-state index is 11.9. The number of carbonyl (C=O) groups excluding carboxylic acids is 1. The molecule has 6 heteroatoms. The van der Waals surface area contributed by atoms with Crippen molar-refractivity contribution in [3.63, 3.8) is 0 Å². The first-order valence-corrected chi connectivity index (χ1v) is 8.01. The first-order valence-electron chi connectivity index (χ1n) is 7.63. The molecule has 0 saturated carbocycles. The van der Waals surface area contributed by atoms with Crippen LogP contribution < -0.4 is 15.5 Å². The van der Waals surface area contributed by atoms with Crippen LogP contribution in [-0.2, 0) is 4.79 Å². The number of hydrogen-bond donors (Lipinski definition) is 2. The summed E-state index contributed by atoms with van der Waals surface area (Å²) in [7, 11) is 0. The second-order valence-electron chi connectivity index (χ2n) is 6.13. The molecule has 0 radical (unpaired) electrons. The van der Waals surface area contributed by atoms with Gasteiger partial charge in [-0.25, -0.2) is 0 Å². The van der Waals surface area contributed by atoms with Crippen molar-refractivity contribution in [1.82, 2.24) is 10.6 Å². The Morgan fingerprint density at radius 1 is 1.45 bits per heavy atom. The molecule has 122 valence electrons. The molecule has 1 atom stereocenters. The van der Waals surface area contributed by atoms with Gasteiger partial charge in [0.05, 0.1) is 5.92 Å². The van der Waals surface area contributed by atoms with E-state index in [1.165, 1.54) is 11.3 Å². The molecule has 4 nitrogen and oxygen atoms in total. The summed E-state index contributed by atoms with van der Waals surface area (Å²) in [5.74, 6) is 0.907. The highest BCUT2D eigenvalue weighted by Gasteiger charge is 2.27. The number of nitrogens with one attached hydrogen (secondary N) is 2. The lowest BCUT2D eigenvalue weighted by molar-refractivity contribution is -0.126. The monoisotopic (exact) mass is 343 g/mol. The summed E-state index contributed by atoms with van der Waals surface area (Å²) in [6, 6.07) is 6.04. The van der Waals surface area contributed by atoms with Gasteiger partial charge in [0.15, 0.2) is 0 Å². The minimum absolute atomic E-state index is 0. The fourth-order valence-corrected chi connectivity index (χ4v) is 3.17. The summed E-state index contributed by atoms with van der Waals surface area (Å²) in [4.78, 5) is 14.2. The number of anilines is 1. The smallest absolute Gasteiger partial charge is 0.225 e. The Bertz CT molecular complexity index is 534. The van der Waals surface area contributed by atoms with Crippen molar-refractivity contribution >= 4 is 35.6 Å². The zero-order valence-electron chi connectivity index (χ0n) is 12.8. The van der Waals surface area contributed by atoms with E-state index in [0.717, 1.165) is 44.2 Å². The van der Waals surface area contributed by atoms with Crippen molar-refractivity contribution in [3.05, 3.63) is 28.8 Å². The molecule has 0 aromatic heterocycles. The molecule has 2 heterocycles. The van der Waals surface area contributed by atoms with Gasteiger partial charge in [-0.15, -0.1) is 12.4 Å². The molecule has 2 aliphatic rings. The Morgan fingerprint density at radius 2 is 2.23 bits per heavy atom. The predicted molar refractivity (Wildman–Crippen MR) is 93.1 cm³/mol. The van der Waals surface area contributed by atoms with Crippen molar-refractivity contribution in [2.75, 3.05) is 37.6 Å². The minimum Gasteiger partial charge on any atom is -0.371 e. The molecule has 22 heavy (non-hydrogen) atoms. The Hall–Kier alpha value is -0.970. The second kappa shape index (κ2) is 7.53. The Morgan fingerprint density at radius 3 is 2.91 bits per heavy atom. The summed E-state index contributed by atoms with van der Waals surface area (Å²) in [6.45, 7) is 6.57. The minimum atomic E-state index is 0. The fourth-order valence-electron chi connectivity index (χ4n) is 3.00. The van der Waals surface area contributed by atoms with Crippen LogP contribution in [0.15, 0.2) is 18.2 Å². The third-order valence-corrected chi connectivity index (χ3v) is 4.75. The van der Waals surface area contributed by atoms with E-state index in [0.29, 0.717) is 5.92 Å². The molecule has 1 aromatic rings. The molecule has 1 aromatic carbocycles. The average Bonchev–Trinajstić information content (AvgIpc) is 2.86. The molecule has 1 unspecified atom stereocenters. The molecule has 0 spiro atoms. The molecule has 3 rings (SSSR count). The van der Waals surface area contributed by atoms with Crippen LogP contribution in [0.2, 0.25) is 5.02 Å². The van der Waals surface area contributed by atoms with E-state index in [1.54, 1.807) is 0 Å². The highest BCUT2D eigenvalue weighted by Crippen LogP contribution is 2.29. The largest absolute Gasteiger partial charge is 0.371 e. The van der Waals surface area contributed by atoms with Gasteiger partial charge in [-0.1, -0.05) is 17.7 Å². The van der Waals surface area contributed by atoms with Crippen LogP contribution in [-0.4, -0.2) is 38.6 Å². The third kappa shape index (κ3) is 3.86. The number of hydrogen-bond acceptors (Lipinski definition) is 3. The average molecular weight is 344 g/mol. The summed E-state index contributed by atoms with van der Waals surface area (Å²) in [5, 5.41) is 7.00. The Labute approximate surface area is 143 Å². The maximum Gasteiger partial charge on any atom is 0.225 e. The van der Waals surface area contributed by atoms with Crippen LogP contribution in [0.5, 0.6) is 0 Å². The predicted octanol–water partition coefficient (Wildman–Crippen LogP) is 2.23. The normalized spacial score (nSPS) is 21.2. The van der Waals surface area contributed by atoms with Crippen LogP contribution in [0.25, 0.3) is 0 Å². The Balaban J connectivity index is 0.00000176. The molecular weight excluding hydrogens is 321 g/mol. The molecule has 2 N–H and O–H groups in total. The quantitative estimate of drug-likeness (QED) is 0.881. The van der Waals surface area contributed by atoms with Gasteiger partial charge in [-0.05, 0) is 37.0 Å². The zero-order valence-corrected chi connectivity index (χ0v) is 14.3. The number of rotatable bonds is 4. The van der Waals surface area contributed by atoms with Crippen LogP contribution in [0, 0.1) is 18.8 Å². The number of benzene rings is 1. The summed E-state index contributed by atoms with van der Waals surface area (Å²) < 4.78 is 0.